The number of amides is 1. The molecule has 182 valence electrons. The Labute approximate surface area is 209 Å². The number of nitrogens with two attached hydrogens (primary N) is 1. The van der Waals surface area contributed by atoms with Crippen molar-refractivity contribution in [2.75, 3.05) is 30.3 Å². The predicted octanol–water partition coefficient (Wildman–Crippen LogP) is 5.09. The van der Waals surface area contributed by atoms with Crippen LogP contribution in [0.15, 0.2) is 65.7 Å². The van der Waals surface area contributed by atoms with Gasteiger partial charge in [0.15, 0.2) is 5.82 Å². The Morgan fingerprint density at radius 2 is 1.94 bits per heavy atom. The van der Waals surface area contributed by atoms with Crippen LogP contribution in [0.25, 0.3) is 21.9 Å². The molecule has 1 aliphatic heterocycles. The van der Waals surface area contributed by atoms with E-state index in [0.717, 1.165) is 47.4 Å². The van der Waals surface area contributed by atoms with Crippen molar-refractivity contribution in [3.05, 3.63) is 72.6 Å². The molecule has 36 heavy (non-hydrogen) atoms. The second kappa shape index (κ2) is 8.36. The van der Waals surface area contributed by atoms with Crippen molar-refractivity contribution in [3.8, 4) is 11.1 Å². The molecule has 0 bridgehead atoms. The molecule has 7 heteroatoms. The minimum Gasteiger partial charge on any atom is -0.472 e. The van der Waals surface area contributed by atoms with Crippen LogP contribution in [0.2, 0.25) is 0 Å². The zero-order valence-corrected chi connectivity index (χ0v) is 20.1. The average Bonchev–Trinajstić information content (AvgIpc) is 3.86. The van der Waals surface area contributed by atoms with Crippen LogP contribution in [0.3, 0.4) is 0 Å². The number of hydrogen-bond acceptors (Lipinski definition) is 6. The highest BCUT2D eigenvalue weighted by atomic mass is 16.3. The molecule has 3 aliphatic rings. The Morgan fingerprint density at radius 3 is 2.72 bits per heavy atom. The summed E-state index contributed by atoms with van der Waals surface area (Å²) in [6, 6.07) is 12.4. The second-order valence-electron chi connectivity index (χ2n) is 10.4. The van der Waals surface area contributed by atoms with E-state index in [1.165, 1.54) is 18.2 Å². The first-order chi connectivity index (χ1) is 17.7. The molecule has 1 atom stereocenters. The van der Waals surface area contributed by atoms with Gasteiger partial charge in [0.05, 0.1) is 29.2 Å². The van der Waals surface area contributed by atoms with Gasteiger partial charge in [-0.05, 0) is 60.7 Å². The van der Waals surface area contributed by atoms with E-state index in [1.54, 1.807) is 18.6 Å². The lowest BCUT2D eigenvalue weighted by Gasteiger charge is -2.42. The normalized spacial score (nSPS) is 20.2. The maximum atomic E-state index is 13.2. The van der Waals surface area contributed by atoms with Crippen molar-refractivity contribution in [1.29, 1.82) is 0 Å². The number of piperazine rings is 1. The molecule has 1 amide bonds. The molecule has 4 aromatic rings. The summed E-state index contributed by atoms with van der Waals surface area (Å²) < 4.78 is 5.17. The lowest BCUT2D eigenvalue weighted by Crippen LogP contribution is -2.56. The molecule has 7 rings (SSSR count). The smallest absolute Gasteiger partial charge is 0.257 e. The third-order valence-electron chi connectivity index (χ3n) is 7.91. The van der Waals surface area contributed by atoms with Gasteiger partial charge in [0, 0.05) is 48.9 Å². The Bertz CT molecular complexity index is 1440. The van der Waals surface area contributed by atoms with Crippen LogP contribution in [-0.4, -0.2) is 46.5 Å². The van der Waals surface area contributed by atoms with E-state index in [2.05, 4.69) is 40.2 Å². The number of anilines is 2. The van der Waals surface area contributed by atoms with Crippen molar-refractivity contribution >= 4 is 28.2 Å². The molecular formula is C29H29N5O2. The highest BCUT2D eigenvalue weighted by Gasteiger charge is 2.42. The fourth-order valence-corrected chi connectivity index (χ4v) is 5.72. The number of benzene rings is 1. The van der Waals surface area contributed by atoms with Crippen molar-refractivity contribution in [1.82, 2.24) is 14.9 Å². The minimum atomic E-state index is 0.0562. The fourth-order valence-electron chi connectivity index (χ4n) is 5.72. The summed E-state index contributed by atoms with van der Waals surface area (Å²) in [5.41, 5.74) is 11.5. The van der Waals surface area contributed by atoms with Crippen LogP contribution >= 0.6 is 0 Å². The van der Waals surface area contributed by atoms with E-state index in [0.29, 0.717) is 36.2 Å². The molecule has 3 fully saturated rings. The summed E-state index contributed by atoms with van der Waals surface area (Å²) in [6.45, 7) is 2.13. The number of carbonyl (C=O) groups excluding carboxylic acids is 1. The van der Waals surface area contributed by atoms with Crippen LogP contribution < -0.4 is 10.6 Å². The summed E-state index contributed by atoms with van der Waals surface area (Å²) in [7, 11) is 0. The molecule has 0 radical (unpaired) electrons. The van der Waals surface area contributed by atoms with Gasteiger partial charge in [-0.15, -0.1) is 0 Å². The Balaban J connectivity index is 1.24. The van der Waals surface area contributed by atoms with Gasteiger partial charge in [0.25, 0.3) is 5.91 Å². The van der Waals surface area contributed by atoms with E-state index in [4.69, 9.17) is 15.1 Å². The predicted molar refractivity (Wildman–Crippen MR) is 140 cm³/mol. The summed E-state index contributed by atoms with van der Waals surface area (Å²) in [5.74, 6) is 1.93. The molecule has 4 heterocycles. The van der Waals surface area contributed by atoms with Gasteiger partial charge in [-0.1, -0.05) is 18.2 Å². The fraction of sp³-hybridized carbons (Fsp3) is 0.345. The molecule has 2 N–H and O–H groups in total. The molecular weight excluding hydrogens is 450 g/mol. The summed E-state index contributed by atoms with van der Waals surface area (Å²) in [4.78, 5) is 27.1. The van der Waals surface area contributed by atoms with Crippen LogP contribution in [0.1, 0.15) is 47.7 Å². The van der Waals surface area contributed by atoms with Crippen LogP contribution in [-0.2, 0) is 0 Å². The average molecular weight is 480 g/mol. The van der Waals surface area contributed by atoms with E-state index in [-0.39, 0.29) is 11.9 Å². The molecule has 1 aromatic carbocycles. The van der Waals surface area contributed by atoms with E-state index < -0.39 is 0 Å². The Kier molecular flexibility index (Phi) is 4.98. The largest absolute Gasteiger partial charge is 0.472 e. The number of pyridine rings is 2. The summed E-state index contributed by atoms with van der Waals surface area (Å²) >= 11 is 0. The van der Waals surface area contributed by atoms with Crippen LogP contribution in [0, 0.1) is 5.92 Å². The Morgan fingerprint density at radius 1 is 1.06 bits per heavy atom. The van der Waals surface area contributed by atoms with Crippen molar-refractivity contribution in [2.45, 2.75) is 37.6 Å². The van der Waals surface area contributed by atoms with Crippen molar-refractivity contribution in [2.24, 2.45) is 5.92 Å². The van der Waals surface area contributed by atoms with Crippen molar-refractivity contribution < 1.29 is 9.21 Å². The maximum Gasteiger partial charge on any atom is 0.257 e. The van der Waals surface area contributed by atoms with Gasteiger partial charge in [-0.3, -0.25) is 9.78 Å². The first kappa shape index (κ1) is 21.4. The van der Waals surface area contributed by atoms with E-state index in [9.17, 15) is 4.79 Å². The van der Waals surface area contributed by atoms with E-state index >= 15 is 0 Å². The van der Waals surface area contributed by atoms with Gasteiger partial charge in [-0.2, -0.15) is 0 Å². The lowest BCUT2D eigenvalue weighted by molar-refractivity contribution is 0.0630. The number of hydrogen-bond donors (Lipinski definition) is 1. The highest BCUT2D eigenvalue weighted by Crippen LogP contribution is 2.47. The number of carbonyl (C=O) groups is 1. The number of furan rings is 1. The first-order valence-electron chi connectivity index (χ1n) is 12.9. The standard InChI is InChI=1S/C29H29N5O2/c30-25-14-24(23-3-1-2-20-15-31-10-8-22(20)23)27(19-6-7-19)32-28(25)33-11-12-34(26(16-33)18-4-5-18)29(35)21-9-13-36-17-21/h1-3,8-10,13-15,17-19,26H,4-7,11-12,16,30H2/t26-/m0/s1. The van der Waals surface area contributed by atoms with Crippen LogP contribution in [0.5, 0.6) is 0 Å². The molecule has 2 saturated carbocycles. The molecule has 0 spiro atoms. The topological polar surface area (TPSA) is 88.5 Å². The first-order valence-corrected chi connectivity index (χ1v) is 12.9. The third-order valence-corrected chi connectivity index (χ3v) is 7.91. The summed E-state index contributed by atoms with van der Waals surface area (Å²) in [6.07, 6.45) is 11.5. The Hall–Kier alpha value is -3.87. The van der Waals surface area contributed by atoms with Crippen LogP contribution in [0.4, 0.5) is 11.5 Å². The number of nitrogen functional groups attached to an aromatic ring is 1. The lowest BCUT2D eigenvalue weighted by atomic mass is 9.96. The summed E-state index contributed by atoms with van der Waals surface area (Å²) in [5, 5.41) is 2.29. The molecule has 2 aliphatic carbocycles. The molecule has 0 unspecified atom stereocenters. The second-order valence-corrected chi connectivity index (χ2v) is 10.4. The molecule has 7 nitrogen and oxygen atoms in total. The van der Waals surface area contributed by atoms with Gasteiger partial charge in [0.1, 0.15) is 6.26 Å². The quantitative estimate of drug-likeness (QED) is 0.429. The number of fused-ring (bicyclic) bond motifs is 1. The molecule has 1 saturated heterocycles. The number of aromatic nitrogens is 2. The zero-order valence-electron chi connectivity index (χ0n) is 20.1. The monoisotopic (exact) mass is 479 g/mol. The van der Waals surface area contributed by atoms with Gasteiger partial charge >= 0.3 is 0 Å². The molecule has 3 aromatic heterocycles. The van der Waals surface area contributed by atoms with Crippen molar-refractivity contribution in [3.63, 3.8) is 0 Å². The minimum absolute atomic E-state index is 0.0562. The van der Waals surface area contributed by atoms with Gasteiger partial charge in [0.2, 0.25) is 0 Å². The number of nitrogens with zero attached hydrogens (tertiary/aromatic N) is 4. The maximum absolute atomic E-state index is 13.2. The highest BCUT2D eigenvalue weighted by molar-refractivity contribution is 5.98. The number of rotatable bonds is 5. The third kappa shape index (κ3) is 3.70. The zero-order chi connectivity index (χ0) is 24.2. The van der Waals surface area contributed by atoms with E-state index in [1.807, 2.05) is 17.3 Å². The SMILES string of the molecule is Nc1cc(-c2cccc3cnccc23)c(C2CC2)nc1N1CCN(C(=O)c2ccoc2)[C@H](C2CC2)C1. The van der Waals surface area contributed by atoms with Gasteiger partial charge < -0.3 is 20.0 Å². The van der Waals surface area contributed by atoms with Gasteiger partial charge in [-0.25, -0.2) is 4.98 Å².